The van der Waals surface area contributed by atoms with Crippen molar-refractivity contribution in [1.29, 1.82) is 0 Å². The molecule has 1 aromatic carbocycles. The van der Waals surface area contributed by atoms with Crippen LogP contribution in [0.25, 0.3) is 4.85 Å². The molecule has 1 aliphatic heterocycles. The summed E-state index contributed by atoms with van der Waals surface area (Å²) in [5.74, 6) is 5.77. The van der Waals surface area contributed by atoms with E-state index in [1.54, 1.807) is 24.9 Å². The summed E-state index contributed by atoms with van der Waals surface area (Å²) in [5, 5.41) is 6.72. The van der Waals surface area contributed by atoms with Crippen molar-refractivity contribution in [1.82, 2.24) is 14.7 Å². The van der Waals surface area contributed by atoms with Crippen molar-refractivity contribution in [2.75, 3.05) is 18.4 Å². The van der Waals surface area contributed by atoms with Gasteiger partial charge in [0.05, 0.1) is 23.9 Å². The number of ether oxygens (including phenoxy) is 1. The Labute approximate surface area is 220 Å². The highest BCUT2D eigenvalue weighted by atomic mass is 19.4. The zero-order valence-electron chi connectivity index (χ0n) is 21.9. The zero-order chi connectivity index (χ0) is 28.3. The monoisotopic (exact) mass is 529 g/mol. The maximum Gasteiger partial charge on any atom is 0.410 e. The van der Waals surface area contributed by atoms with Gasteiger partial charge in [0, 0.05) is 30.9 Å². The Morgan fingerprint density at radius 2 is 1.82 bits per heavy atom. The van der Waals surface area contributed by atoms with Gasteiger partial charge in [0.25, 0.3) is 5.91 Å². The first-order valence-electron chi connectivity index (χ1n) is 12.0. The number of anilines is 1. The van der Waals surface area contributed by atoms with Crippen LogP contribution in [0.15, 0.2) is 30.6 Å². The van der Waals surface area contributed by atoms with E-state index in [0.29, 0.717) is 31.5 Å². The third-order valence-corrected chi connectivity index (χ3v) is 5.96. The lowest BCUT2D eigenvalue weighted by Crippen LogP contribution is -2.41. The molecule has 1 aromatic heterocycles. The molecule has 38 heavy (non-hydrogen) atoms. The average molecular weight is 530 g/mol. The molecule has 1 fully saturated rings. The smallest absolute Gasteiger partial charge is 0.410 e. The van der Waals surface area contributed by atoms with Crippen LogP contribution in [0.2, 0.25) is 0 Å². The summed E-state index contributed by atoms with van der Waals surface area (Å²) in [6, 6.07) is 3.03. The van der Waals surface area contributed by atoms with Crippen molar-refractivity contribution in [2.24, 2.45) is 5.92 Å². The van der Waals surface area contributed by atoms with Crippen LogP contribution in [0.5, 0.6) is 0 Å². The predicted molar refractivity (Wildman–Crippen MR) is 135 cm³/mol. The van der Waals surface area contributed by atoms with E-state index in [-0.39, 0.29) is 17.7 Å². The second-order valence-electron chi connectivity index (χ2n) is 10.5. The maximum atomic E-state index is 13.3. The van der Waals surface area contributed by atoms with Crippen LogP contribution in [0.4, 0.5) is 29.3 Å². The lowest BCUT2D eigenvalue weighted by atomic mass is 9.97. The van der Waals surface area contributed by atoms with Gasteiger partial charge in [0.1, 0.15) is 11.1 Å². The summed E-state index contributed by atoms with van der Waals surface area (Å²) < 4.78 is 46.6. The van der Waals surface area contributed by atoms with Gasteiger partial charge in [-0.05, 0) is 59.6 Å². The van der Waals surface area contributed by atoms with Crippen LogP contribution in [0.1, 0.15) is 58.6 Å². The van der Waals surface area contributed by atoms with Gasteiger partial charge in [-0.1, -0.05) is 17.9 Å². The number of rotatable bonds is 3. The Morgan fingerprint density at radius 3 is 2.39 bits per heavy atom. The van der Waals surface area contributed by atoms with Gasteiger partial charge < -0.3 is 15.0 Å². The Balaban J connectivity index is 1.64. The molecular weight excluding hydrogens is 499 g/mol. The molecule has 0 spiro atoms. The van der Waals surface area contributed by atoms with Crippen molar-refractivity contribution in [3.63, 3.8) is 0 Å². The third-order valence-electron chi connectivity index (χ3n) is 5.96. The van der Waals surface area contributed by atoms with Crippen molar-refractivity contribution in [2.45, 2.75) is 64.8 Å². The number of piperidine rings is 1. The van der Waals surface area contributed by atoms with E-state index < -0.39 is 34.5 Å². The first kappa shape index (κ1) is 28.6. The summed E-state index contributed by atoms with van der Waals surface area (Å²) in [7, 11) is 0. The number of carbonyl (C=O) groups is 2. The van der Waals surface area contributed by atoms with E-state index in [2.05, 4.69) is 27.1 Å². The van der Waals surface area contributed by atoms with E-state index in [1.165, 1.54) is 16.9 Å². The molecule has 2 aromatic rings. The molecule has 1 saturated heterocycles. The summed E-state index contributed by atoms with van der Waals surface area (Å²) in [6.45, 7) is 16.7. The molecule has 8 nitrogen and oxygen atoms in total. The number of aromatic nitrogens is 2. The van der Waals surface area contributed by atoms with Gasteiger partial charge in [-0.3, -0.25) is 9.48 Å². The summed E-state index contributed by atoms with van der Waals surface area (Å²) in [6.07, 6.45) is -0.517. The standard InChI is InChI=1S/C27H30F3N5O3/c1-25(2,3)38-24(37)34-13-11-18(12-14-34)7-8-19-16-32-35(17-19)26(4,5)23(36)33-20-9-10-22(31-6)21(15-20)27(28,29)30/h9-10,15-18H,11-14H2,1-5H3,(H,33,36). The maximum absolute atomic E-state index is 13.3. The van der Waals surface area contributed by atoms with Crippen LogP contribution in [-0.4, -0.2) is 45.4 Å². The molecule has 0 saturated carbocycles. The molecule has 202 valence electrons. The van der Waals surface area contributed by atoms with Crippen LogP contribution in [0.3, 0.4) is 0 Å². The van der Waals surface area contributed by atoms with Gasteiger partial charge in [0.2, 0.25) is 0 Å². The molecule has 0 atom stereocenters. The highest BCUT2D eigenvalue weighted by Crippen LogP contribution is 2.38. The van der Waals surface area contributed by atoms with Gasteiger partial charge in [-0.15, -0.1) is 0 Å². The first-order valence-corrected chi connectivity index (χ1v) is 12.0. The number of halogens is 3. The number of alkyl halides is 3. The molecule has 0 unspecified atom stereocenters. The Kier molecular flexibility index (Phi) is 8.11. The second kappa shape index (κ2) is 10.8. The van der Waals surface area contributed by atoms with Crippen molar-refractivity contribution >= 4 is 23.4 Å². The molecule has 3 rings (SSSR count). The SMILES string of the molecule is [C-]#[N+]c1ccc(NC(=O)C(C)(C)n2cc(C#CC3CCN(C(=O)OC(C)(C)C)CC3)cn2)cc1C(F)(F)F. The lowest BCUT2D eigenvalue weighted by molar-refractivity contribution is -0.136. The number of likely N-dealkylation sites (tertiary alicyclic amines) is 1. The highest BCUT2D eigenvalue weighted by Gasteiger charge is 2.35. The largest absolute Gasteiger partial charge is 0.444 e. The minimum absolute atomic E-state index is 0.0762. The fourth-order valence-electron chi connectivity index (χ4n) is 3.74. The Hall–Kier alpha value is -3.99. The number of nitrogens with one attached hydrogen (secondary N) is 1. The molecule has 11 heteroatoms. The number of nitrogens with zero attached hydrogens (tertiary/aromatic N) is 4. The van der Waals surface area contributed by atoms with E-state index >= 15 is 0 Å². The van der Waals surface area contributed by atoms with Gasteiger partial charge in [0.15, 0.2) is 5.69 Å². The van der Waals surface area contributed by atoms with Gasteiger partial charge >= 0.3 is 12.3 Å². The fourth-order valence-corrected chi connectivity index (χ4v) is 3.74. The van der Waals surface area contributed by atoms with Gasteiger partial charge in [-0.2, -0.15) is 18.3 Å². The minimum Gasteiger partial charge on any atom is -0.444 e. The second-order valence-corrected chi connectivity index (χ2v) is 10.5. The van der Waals surface area contributed by atoms with Crippen molar-refractivity contribution < 1.29 is 27.5 Å². The van der Waals surface area contributed by atoms with Gasteiger partial charge in [-0.25, -0.2) is 9.64 Å². The van der Waals surface area contributed by atoms with Crippen molar-refractivity contribution in [3.8, 4) is 11.8 Å². The number of amides is 2. The molecule has 2 heterocycles. The molecule has 0 bridgehead atoms. The lowest BCUT2D eigenvalue weighted by Gasteiger charge is -2.31. The first-order chi connectivity index (χ1) is 17.6. The number of carbonyl (C=O) groups excluding carboxylic acids is 2. The Bertz CT molecular complexity index is 1300. The van der Waals surface area contributed by atoms with Crippen LogP contribution >= 0.6 is 0 Å². The van der Waals surface area contributed by atoms with E-state index in [0.717, 1.165) is 12.1 Å². The summed E-state index contributed by atoms with van der Waals surface area (Å²) in [5.41, 5.74) is -2.94. The number of hydrogen-bond acceptors (Lipinski definition) is 4. The number of benzene rings is 1. The summed E-state index contributed by atoms with van der Waals surface area (Å²) in [4.78, 5) is 29.7. The van der Waals surface area contributed by atoms with Crippen LogP contribution in [0, 0.1) is 24.3 Å². The highest BCUT2D eigenvalue weighted by molar-refractivity contribution is 5.96. The quantitative estimate of drug-likeness (QED) is 0.401. The molecule has 1 N–H and O–H groups in total. The minimum atomic E-state index is -4.72. The summed E-state index contributed by atoms with van der Waals surface area (Å²) >= 11 is 0. The van der Waals surface area contributed by atoms with Crippen LogP contribution in [-0.2, 0) is 21.2 Å². The average Bonchev–Trinajstić information content (AvgIpc) is 3.31. The van der Waals surface area contributed by atoms with Crippen molar-refractivity contribution in [3.05, 3.63) is 53.1 Å². The predicted octanol–water partition coefficient (Wildman–Crippen LogP) is 5.83. The fraction of sp³-hybridized carbons (Fsp3) is 0.481. The Morgan fingerprint density at radius 1 is 1.16 bits per heavy atom. The molecule has 1 aliphatic rings. The normalized spacial score (nSPS) is 14.8. The van der Waals surface area contributed by atoms with E-state index in [1.807, 2.05) is 20.8 Å². The zero-order valence-corrected chi connectivity index (χ0v) is 21.9. The van der Waals surface area contributed by atoms with E-state index in [9.17, 15) is 22.8 Å². The molecular formula is C27H30F3N5O3. The molecule has 0 radical (unpaired) electrons. The molecule has 0 aliphatic carbocycles. The number of hydrogen-bond donors (Lipinski definition) is 1. The third kappa shape index (κ3) is 7.06. The van der Waals surface area contributed by atoms with Crippen LogP contribution < -0.4 is 5.32 Å². The topological polar surface area (TPSA) is 80.8 Å². The van der Waals surface area contributed by atoms with E-state index in [4.69, 9.17) is 11.3 Å². The molecule has 2 amide bonds.